The van der Waals surface area contributed by atoms with Crippen LogP contribution in [0, 0.1) is 0 Å². The lowest BCUT2D eigenvalue weighted by Crippen LogP contribution is -2.28. The van der Waals surface area contributed by atoms with Gasteiger partial charge in [0.05, 0.1) is 20.3 Å². The quantitative estimate of drug-likeness (QED) is 0.759. The minimum absolute atomic E-state index is 0.616. The molecule has 1 aliphatic carbocycles. The molecule has 2 aromatic carbocycles. The molecule has 0 saturated carbocycles. The van der Waals surface area contributed by atoms with E-state index in [0.29, 0.717) is 5.92 Å². The molecule has 1 aliphatic heterocycles. The molecule has 2 aliphatic rings. The van der Waals surface area contributed by atoms with Gasteiger partial charge in [0.2, 0.25) is 0 Å². The minimum Gasteiger partial charge on any atom is -0.496 e. The van der Waals surface area contributed by atoms with Crippen LogP contribution in [-0.4, -0.2) is 38.8 Å². The van der Waals surface area contributed by atoms with E-state index < -0.39 is 0 Å². The van der Waals surface area contributed by atoms with Crippen LogP contribution in [0.15, 0.2) is 36.4 Å². The van der Waals surface area contributed by atoms with Gasteiger partial charge >= 0.3 is 0 Å². The van der Waals surface area contributed by atoms with E-state index in [1.54, 1.807) is 7.11 Å². The molecule has 0 spiro atoms. The zero-order chi connectivity index (χ0) is 18.6. The second-order valence-electron chi connectivity index (χ2n) is 8.04. The number of hydrogen-bond donors (Lipinski definition) is 0. The third kappa shape index (κ3) is 4.20. The van der Waals surface area contributed by atoms with Gasteiger partial charge < -0.3 is 14.4 Å². The maximum absolute atomic E-state index is 5.61. The monoisotopic (exact) mass is 365 g/mol. The summed E-state index contributed by atoms with van der Waals surface area (Å²) >= 11 is 0. The largest absolute Gasteiger partial charge is 0.496 e. The summed E-state index contributed by atoms with van der Waals surface area (Å²) in [6, 6.07) is 13.5. The smallest absolute Gasteiger partial charge is 0.122 e. The van der Waals surface area contributed by atoms with Gasteiger partial charge in [0.1, 0.15) is 5.75 Å². The molecule has 0 saturated heterocycles. The number of fused-ring (bicyclic) bond motifs is 2. The van der Waals surface area contributed by atoms with Gasteiger partial charge in [0.15, 0.2) is 0 Å². The molecule has 0 fully saturated rings. The van der Waals surface area contributed by atoms with Crippen molar-refractivity contribution in [3.8, 4) is 5.75 Å². The summed E-state index contributed by atoms with van der Waals surface area (Å²) in [5.74, 6) is 1.68. The number of hydrogen-bond acceptors (Lipinski definition) is 3. The second kappa shape index (κ2) is 8.45. The molecule has 1 heterocycles. The molecule has 1 atom stereocenters. The third-order valence-electron chi connectivity index (χ3n) is 6.17. The first kappa shape index (κ1) is 18.5. The summed E-state index contributed by atoms with van der Waals surface area (Å²) in [6.07, 6.45) is 5.84. The zero-order valence-electron chi connectivity index (χ0n) is 16.7. The van der Waals surface area contributed by atoms with Gasteiger partial charge in [0, 0.05) is 13.1 Å². The summed E-state index contributed by atoms with van der Waals surface area (Å²) in [5, 5.41) is 0. The standard InChI is InChI=1S/C24H31NO2/c1-25(13-11-18-9-10-19-12-14-27-17-21(19)15-18)16-20-5-3-7-23-22(20)6-4-8-24(23)26-2/h4,6,8-10,15,20H,3,5,7,11-14,16-17H2,1-2H3. The number of methoxy groups -OCH3 is 1. The van der Waals surface area contributed by atoms with Crippen molar-refractivity contribution in [2.75, 3.05) is 33.9 Å². The molecule has 1 unspecified atom stereocenters. The Bertz CT molecular complexity index is 786. The van der Waals surface area contributed by atoms with Crippen LogP contribution in [-0.2, 0) is 30.6 Å². The number of benzene rings is 2. The Labute approximate surface area is 163 Å². The van der Waals surface area contributed by atoms with E-state index in [1.807, 2.05) is 0 Å². The fourth-order valence-corrected chi connectivity index (χ4v) is 4.66. The molecule has 27 heavy (non-hydrogen) atoms. The topological polar surface area (TPSA) is 21.7 Å². The molecule has 2 aromatic rings. The summed E-state index contributed by atoms with van der Waals surface area (Å²) in [7, 11) is 4.05. The normalized spacial score (nSPS) is 18.9. The average molecular weight is 366 g/mol. The van der Waals surface area contributed by atoms with Crippen molar-refractivity contribution in [3.05, 3.63) is 64.2 Å². The average Bonchev–Trinajstić information content (AvgIpc) is 2.72. The molecule has 144 valence electrons. The summed E-state index contributed by atoms with van der Waals surface area (Å²) in [6.45, 7) is 3.85. The highest BCUT2D eigenvalue weighted by Gasteiger charge is 2.23. The number of rotatable bonds is 6. The van der Waals surface area contributed by atoms with Crippen LogP contribution in [0.2, 0.25) is 0 Å². The lowest BCUT2D eigenvalue weighted by atomic mass is 9.82. The van der Waals surface area contributed by atoms with Gasteiger partial charge in [0.25, 0.3) is 0 Å². The van der Waals surface area contributed by atoms with E-state index in [4.69, 9.17) is 9.47 Å². The Morgan fingerprint density at radius 3 is 2.96 bits per heavy atom. The van der Waals surface area contributed by atoms with Gasteiger partial charge in [-0.05, 0) is 79.0 Å². The van der Waals surface area contributed by atoms with E-state index in [2.05, 4.69) is 48.3 Å². The summed E-state index contributed by atoms with van der Waals surface area (Å²) in [4.78, 5) is 2.50. The fraction of sp³-hybridized carbons (Fsp3) is 0.500. The van der Waals surface area contributed by atoms with Crippen molar-refractivity contribution >= 4 is 0 Å². The van der Waals surface area contributed by atoms with Crippen LogP contribution >= 0.6 is 0 Å². The highest BCUT2D eigenvalue weighted by atomic mass is 16.5. The van der Waals surface area contributed by atoms with Crippen molar-refractivity contribution in [2.45, 2.75) is 44.6 Å². The van der Waals surface area contributed by atoms with Gasteiger partial charge in [-0.25, -0.2) is 0 Å². The Hall–Kier alpha value is -1.84. The number of nitrogens with zero attached hydrogens (tertiary/aromatic N) is 1. The first-order valence-corrected chi connectivity index (χ1v) is 10.3. The van der Waals surface area contributed by atoms with Crippen LogP contribution < -0.4 is 4.74 Å². The highest BCUT2D eigenvalue weighted by Crippen LogP contribution is 2.36. The molecule has 3 heteroatoms. The van der Waals surface area contributed by atoms with Crippen LogP contribution in [0.25, 0.3) is 0 Å². The predicted octanol–water partition coefficient (Wildman–Crippen LogP) is 4.36. The van der Waals surface area contributed by atoms with Gasteiger partial charge in [-0.2, -0.15) is 0 Å². The Morgan fingerprint density at radius 2 is 2.07 bits per heavy atom. The number of likely N-dealkylation sites (N-methyl/N-ethyl adjacent to an activating group) is 1. The summed E-state index contributed by atoms with van der Waals surface area (Å²) < 4.78 is 11.2. The molecule has 3 nitrogen and oxygen atoms in total. The second-order valence-corrected chi connectivity index (χ2v) is 8.04. The lowest BCUT2D eigenvalue weighted by molar-refractivity contribution is 0.110. The Kier molecular flexibility index (Phi) is 5.80. The van der Waals surface area contributed by atoms with Crippen LogP contribution in [0.3, 0.4) is 0 Å². The maximum Gasteiger partial charge on any atom is 0.122 e. The zero-order valence-corrected chi connectivity index (χ0v) is 16.7. The van der Waals surface area contributed by atoms with Crippen molar-refractivity contribution in [2.24, 2.45) is 0 Å². The first-order valence-electron chi connectivity index (χ1n) is 10.3. The van der Waals surface area contributed by atoms with Gasteiger partial charge in [-0.3, -0.25) is 0 Å². The van der Waals surface area contributed by atoms with Crippen molar-refractivity contribution in [3.63, 3.8) is 0 Å². The lowest BCUT2D eigenvalue weighted by Gasteiger charge is -2.30. The highest BCUT2D eigenvalue weighted by molar-refractivity contribution is 5.43. The third-order valence-corrected chi connectivity index (χ3v) is 6.17. The predicted molar refractivity (Wildman–Crippen MR) is 110 cm³/mol. The first-order chi connectivity index (χ1) is 13.2. The number of ether oxygens (including phenoxy) is 2. The van der Waals surface area contributed by atoms with Crippen LogP contribution in [0.1, 0.15) is 46.6 Å². The van der Waals surface area contributed by atoms with E-state index in [1.165, 1.54) is 40.7 Å². The van der Waals surface area contributed by atoms with E-state index in [9.17, 15) is 0 Å². The molecular weight excluding hydrogens is 334 g/mol. The maximum atomic E-state index is 5.61. The fourth-order valence-electron chi connectivity index (χ4n) is 4.66. The molecular formula is C24H31NO2. The van der Waals surface area contributed by atoms with Crippen LogP contribution in [0.4, 0.5) is 0 Å². The minimum atomic E-state index is 0.616. The summed E-state index contributed by atoms with van der Waals surface area (Å²) in [5.41, 5.74) is 7.20. The van der Waals surface area contributed by atoms with E-state index >= 15 is 0 Å². The van der Waals surface area contributed by atoms with Crippen molar-refractivity contribution in [1.29, 1.82) is 0 Å². The van der Waals surface area contributed by atoms with Gasteiger partial charge in [-0.1, -0.05) is 30.3 Å². The molecule has 0 bridgehead atoms. The molecule has 0 N–H and O–H groups in total. The van der Waals surface area contributed by atoms with Gasteiger partial charge in [-0.15, -0.1) is 0 Å². The molecule has 0 aromatic heterocycles. The van der Waals surface area contributed by atoms with Crippen molar-refractivity contribution < 1.29 is 9.47 Å². The van der Waals surface area contributed by atoms with Crippen LogP contribution in [0.5, 0.6) is 5.75 Å². The molecule has 0 amide bonds. The molecule has 4 rings (SSSR count). The Morgan fingerprint density at radius 1 is 1.15 bits per heavy atom. The molecule has 0 radical (unpaired) electrons. The van der Waals surface area contributed by atoms with E-state index in [0.717, 1.165) is 51.3 Å². The van der Waals surface area contributed by atoms with Crippen molar-refractivity contribution in [1.82, 2.24) is 4.90 Å². The SMILES string of the molecule is COc1cccc2c1CCCC2CN(C)CCc1ccc2c(c1)COCC2. The Balaban J connectivity index is 1.37. The van der Waals surface area contributed by atoms with E-state index in [-0.39, 0.29) is 0 Å².